The molecule has 0 aliphatic heterocycles. The van der Waals surface area contributed by atoms with E-state index in [2.05, 4.69) is 5.32 Å². The van der Waals surface area contributed by atoms with Crippen LogP contribution in [0, 0.1) is 6.92 Å². The Bertz CT molecular complexity index is 1410. The first-order valence-corrected chi connectivity index (χ1v) is 13.4. The number of hydrogen-bond donors (Lipinski definition) is 1. The molecule has 0 heterocycles. The number of aryl methyl sites for hydroxylation is 1. The Kier molecular flexibility index (Phi) is 7.80. The first kappa shape index (κ1) is 24.9. The van der Waals surface area contributed by atoms with Crippen LogP contribution < -0.4 is 9.62 Å². The van der Waals surface area contributed by atoms with Crippen LogP contribution in [0.4, 0.5) is 11.4 Å². The number of benzene rings is 4. The van der Waals surface area contributed by atoms with Gasteiger partial charge in [-0.3, -0.25) is 9.10 Å². The predicted molar refractivity (Wildman–Crippen MR) is 143 cm³/mol. The highest BCUT2D eigenvalue weighted by Gasteiger charge is 2.27. The summed E-state index contributed by atoms with van der Waals surface area (Å²) in [6.07, 6.45) is 0. The van der Waals surface area contributed by atoms with Gasteiger partial charge in [-0.15, -0.1) is 0 Å². The molecule has 1 amide bonds. The van der Waals surface area contributed by atoms with Gasteiger partial charge in [0.15, 0.2) is 0 Å². The monoisotopic (exact) mass is 522 g/mol. The highest BCUT2D eigenvalue weighted by Crippen LogP contribution is 2.33. The summed E-state index contributed by atoms with van der Waals surface area (Å²) in [7, 11) is -4.02. The molecule has 8 heteroatoms. The summed E-state index contributed by atoms with van der Waals surface area (Å²) >= 11 is 7.47. The zero-order chi connectivity index (χ0) is 24.8. The second-order valence-corrected chi connectivity index (χ2v) is 11.2. The molecule has 0 unspecified atom stereocenters. The van der Waals surface area contributed by atoms with Crippen molar-refractivity contribution in [3.63, 3.8) is 0 Å². The number of nitrogens with zero attached hydrogens (tertiary/aromatic N) is 1. The number of hydrogen-bond acceptors (Lipinski definition) is 4. The molecule has 0 aliphatic carbocycles. The number of carbonyl (C=O) groups is 1. The topological polar surface area (TPSA) is 66.5 Å². The van der Waals surface area contributed by atoms with Crippen molar-refractivity contribution in [1.82, 2.24) is 0 Å². The third-order valence-electron chi connectivity index (χ3n) is 5.14. The van der Waals surface area contributed by atoms with E-state index in [0.717, 1.165) is 19.7 Å². The molecule has 0 saturated carbocycles. The normalized spacial score (nSPS) is 11.1. The molecular formula is C27H23ClN2O3S2. The third-order valence-corrected chi connectivity index (χ3v) is 8.27. The quantitative estimate of drug-likeness (QED) is 0.282. The molecule has 1 N–H and O–H groups in total. The fraction of sp³-hybridized carbons (Fsp3) is 0.0741. The number of sulfonamides is 1. The number of para-hydroxylation sites is 1. The first-order chi connectivity index (χ1) is 16.8. The van der Waals surface area contributed by atoms with E-state index >= 15 is 0 Å². The fourth-order valence-electron chi connectivity index (χ4n) is 3.35. The molecule has 5 nitrogen and oxygen atoms in total. The van der Waals surface area contributed by atoms with Crippen molar-refractivity contribution in [2.75, 3.05) is 16.2 Å². The molecular weight excluding hydrogens is 500 g/mol. The lowest BCUT2D eigenvalue weighted by atomic mass is 10.2. The Hall–Kier alpha value is -3.26. The largest absolute Gasteiger partial charge is 0.323 e. The van der Waals surface area contributed by atoms with E-state index in [4.69, 9.17) is 11.6 Å². The number of nitrogens with one attached hydrogen (secondary N) is 1. The predicted octanol–water partition coefficient (Wildman–Crippen LogP) is 6.63. The van der Waals surface area contributed by atoms with Gasteiger partial charge in [0.25, 0.3) is 10.0 Å². The summed E-state index contributed by atoms with van der Waals surface area (Å²) < 4.78 is 28.2. The number of halogens is 1. The average molecular weight is 523 g/mol. The number of carbonyl (C=O) groups excluding carboxylic acids is 1. The van der Waals surface area contributed by atoms with Crippen LogP contribution in [0.5, 0.6) is 0 Å². The van der Waals surface area contributed by atoms with E-state index in [1.54, 1.807) is 18.2 Å². The molecule has 0 aliphatic rings. The van der Waals surface area contributed by atoms with Gasteiger partial charge < -0.3 is 5.32 Å². The van der Waals surface area contributed by atoms with Crippen LogP contribution in [-0.2, 0) is 14.8 Å². The number of anilines is 2. The summed E-state index contributed by atoms with van der Waals surface area (Å²) in [4.78, 5) is 15.1. The van der Waals surface area contributed by atoms with Gasteiger partial charge in [-0.05, 0) is 67.6 Å². The third kappa shape index (κ3) is 6.25. The van der Waals surface area contributed by atoms with Crippen LogP contribution in [0.15, 0.2) is 118 Å². The van der Waals surface area contributed by atoms with Crippen LogP contribution in [0.25, 0.3) is 0 Å². The second kappa shape index (κ2) is 11.0. The molecule has 178 valence electrons. The Morgan fingerprint density at radius 3 is 2.17 bits per heavy atom. The lowest BCUT2D eigenvalue weighted by Crippen LogP contribution is -2.38. The Labute approximate surface area is 214 Å². The van der Waals surface area contributed by atoms with E-state index in [9.17, 15) is 13.2 Å². The van der Waals surface area contributed by atoms with Crippen LogP contribution in [0.3, 0.4) is 0 Å². The van der Waals surface area contributed by atoms with E-state index in [1.807, 2.05) is 67.6 Å². The number of rotatable bonds is 8. The molecule has 0 radical (unpaired) electrons. The van der Waals surface area contributed by atoms with Gasteiger partial charge in [0.1, 0.15) is 6.54 Å². The summed E-state index contributed by atoms with van der Waals surface area (Å²) in [6, 6.07) is 30.1. The van der Waals surface area contributed by atoms with Crippen molar-refractivity contribution < 1.29 is 13.2 Å². The van der Waals surface area contributed by atoms with Gasteiger partial charge in [0.05, 0.1) is 16.3 Å². The summed E-state index contributed by atoms with van der Waals surface area (Å²) in [5, 5.41) is 3.32. The van der Waals surface area contributed by atoms with Crippen molar-refractivity contribution in [3.05, 3.63) is 114 Å². The van der Waals surface area contributed by atoms with Crippen LogP contribution >= 0.6 is 23.4 Å². The maximum absolute atomic E-state index is 13.5. The Morgan fingerprint density at radius 1 is 0.857 bits per heavy atom. The van der Waals surface area contributed by atoms with Gasteiger partial charge in [-0.25, -0.2) is 8.42 Å². The van der Waals surface area contributed by atoms with Crippen molar-refractivity contribution in [3.8, 4) is 0 Å². The molecule has 4 aromatic carbocycles. The zero-order valence-corrected chi connectivity index (χ0v) is 21.3. The molecule has 35 heavy (non-hydrogen) atoms. The molecule has 0 atom stereocenters. The summed E-state index contributed by atoms with van der Waals surface area (Å²) in [6.45, 7) is 1.52. The molecule has 0 bridgehead atoms. The fourth-order valence-corrected chi connectivity index (χ4v) is 5.82. The zero-order valence-electron chi connectivity index (χ0n) is 18.9. The minimum Gasteiger partial charge on any atom is -0.323 e. The summed E-state index contributed by atoms with van der Waals surface area (Å²) in [5.74, 6) is -0.454. The van der Waals surface area contributed by atoms with E-state index < -0.39 is 22.5 Å². The number of amides is 1. The van der Waals surface area contributed by atoms with Gasteiger partial charge in [0.2, 0.25) is 5.91 Å². The van der Waals surface area contributed by atoms with E-state index in [0.29, 0.717) is 16.4 Å². The molecule has 0 spiro atoms. The molecule has 0 fully saturated rings. The Morgan fingerprint density at radius 2 is 1.49 bits per heavy atom. The van der Waals surface area contributed by atoms with E-state index in [1.165, 1.54) is 36.0 Å². The van der Waals surface area contributed by atoms with Crippen LogP contribution in [0.1, 0.15) is 5.56 Å². The maximum Gasteiger partial charge on any atom is 0.264 e. The van der Waals surface area contributed by atoms with Crippen molar-refractivity contribution >= 4 is 50.7 Å². The maximum atomic E-state index is 13.5. The van der Waals surface area contributed by atoms with Gasteiger partial charge in [-0.2, -0.15) is 0 Å². The van der Waals surface area contributed by atoms with Gasteiger partial charge in [0, 0.05) is 14.8 Å². The smallest absolute Gasteiger partial charge is 0.264 e. The lowest BCUT2D eigenvalue weighted by molar-refractivity contribution is -0.114. The van der Waals surface area contributed by atoms with Crippen molar-refractivity contribution in [1.29, 1.82) is 0 Å². The highest BCUT2D eigenvalue weighted by molar-refractivity contribution is 7.99. The Balaban J connectivity index is 1.61. The minimum atomic E-state index is -4.02. The van der Waals surface area contributed by atoms with E-state index in [-0.39, 0.29) is 4.90 Å². The lowest BCUT2D eigenvalue weighted by Gasteiger charge is -2.24. The molecule has 0 saturated heterocycles. The van der Waals surface area contributed by atoms with Gasteiger partial charge in [-0.1, -0.05) is 71.4 Å². The standard InChI is InChI=1S/C27H23ClN2O3S2/c1-20-11-15-22(16-12-20)30(35(32,33)24-17-13-21(28)14-18-24)19-27(31)29-25-9-5-6-10-26(25)34-23-7-3-2-4-8-23/h2-18H,19H2,1H3,(H,29,31). The SMILES string of the molecule is Cc1ccc(N(CC(=O)Nc2ccccc2Sc2ccccc2)S(=O)(=O)c2ccc(Cl)cc2)cc1. The highest BCUT2D eigenvalue weighted by atomic mass is 35.5. The summed E-state index contributed by atoms with van der Waals surface area (Å²) in [5.41, 5.74) is 1.99. The average Bonchev–Trinajstić information content (AvgIpc) is 2.85. The second-order valence-electron chi connectivity index (χ2n) is 7.76. The minimum absolute atomic E-state index is 0.0512. The van der Waals surface area contributed by atoms with Crippen LogP contribution in [-0.4, -0.2) is 20.9 Å². The molecule has 4 aromatic rings. The molecule has 4 rings (SSSR count). The van der Waals surface area contributed by atoms with Crippen molar-refractivity contribution in [2.45, 2.75) is 21.6 Å². The van der Waals surface area contributed by atoms with Crippen LogP contribution in [0.2, 0.25) is 5.02 Å². The van der Waals surface area contributed by atoms with Gasteiger partial charge >= 0.3 is 0 Å². The van der Waals surface area contributed by atoms with Crippen molar-refractivity contribution in [2.24, 2.45) is 0 Å². The molecule has 0 aromatic heterocycles. The first-order valence-electron chi connectivity index (χ1n) is 10.8.